The van der Waals surface area contributed by atoms with E-state index in [1.54, 1.807) is 18.0 Å². The molecule has 2 aromatic carbocycles. The van der Waals surface area contributed by atoms with Crippen LogP contribution in [0.15, 0.2) is 41.4 Å². The van der Waals surface area contributed by atoms with Crippen LogP contribution in [0.25, 0.3) is 0 Å². The number of carbonyl (C=O) groups excluding carboxylic acids is 2. The number of carbonyl (C=O) groups is 2. The normalized spacial score (nSPS) is 25.0. The molecule has 9 nitrogen and oxygen atoms in total. The third kappa shape index (κ3) is 7.74. The maximum atomic E-state index is 13.8. The Hall–Kier alpha value is -3.45. The summed E-state index contributed by atoms with van der Waals surface area (Å²) in [5, 5.41) is 2.65. The van der Waals surface area contributed by atoms with Crippen molar-refractivity contribution in [2.75, 3.05) is 39.0 Å². The lowest BCUT2D eigenvalue weighted by atomic mass is 9.89. The average molecular weight is 663 g/mol. The summed E-state index contributed by atoms with van der Waals surface area (Å²) in [6.45, 7) is 2.84. The van der Waals surface area contributed by atoms with Crippen molar-refractivity contribution in [3.63, 3.8) is 0 Å². The predicted molar refractivity (Wildman–Crippen MR) is 168 cm³/mol. The molecule has 2 amide bonds. The number of rotatable bonds is 0. The molecule has 5 aliphatic rings. The molecule has 7 bridgehead atoms. The largest absolute Gasteiger partial charge is 0.494 e. The molecule has 0 radical (unpaired) electrons. The smallest absolute Gasteiger partial charge is 0.416 e. The molecule has 1 spiro atoms. The number of nitrogens with zero attached hydrogens (tertiary/aromatic N) is 3. The van der Waals surface area contributed by atoms with E-state index in [0.717, 1.165) is 55.4 Å². The summed E-state index contributed by atoms with van der Waals surface area (Å²) in [7, 11) is -1.90. The Morgan fingerprint density at radius 2 is 1.61 bits per heavy atom. The first-order chi connectivity index (χ1) is 21.8. The third-order valence-electron chi connectivity index (χ3n) is 9.15. The zero-order chi connectivity index (χ0) is 33.1. The summed E-state index contributed by atoms with van der Waals surface area (Å²) in [5.41, 5.74) is 0.168. The van der Waals surface area contributed by atoms with Crippen LogP contribution in [-0.4, -0.2) is 79.9 Å². The lowest BCUT2D eigenvalue weighted by Crippen LogP contribution is -2.50. The number of hydrogen-bond donors (Lipinski definition) is 1. The maximum Gasteiger partial charge on any atom is 0.416 e. The van der Waals surface area contributed by atoms with Crippen LogP contribution >= 0.6 is 0 Å². The van der Waals surface area contributed by atoms with Crippen molar-refractivity contribution >= 4 is 27.7 Å². The number of sulfonamides is 1. The minimum atomic E-state index is -4.63. The molecule has 0 aromatic heterocycles. The predicted octanol–water partition coefficient (Wildman–Crippen LogP) is 5.10. The van der Waals surface area contributed by atoms with Gasteiger partial charge in [0.2, 0.25) is 10.0 Å². The molecule has 1 fully saturated rings. The second-order valence-electron chi connectivity index (χ2n) is 12.5. The third-order valence-corrected chi connectivity index (χ3v) is 11.0. The SMILES string of the molecule is Cc1cc2ccc1CCS(=O)(=O)N1CCC3(CC1)N=C(NC3=O)c1cc(cc(C(F)(F)F)c1)OCCCCCCCCN(C)C2=O. The fourth-order valence-electron chi connectivity index (χ4n) is 6.26. The van der Waals surface area contributed by atoms with Gasteiger partial charge in [-0.2, -0.15) is 13.2 Å². The Balaban J connectivity index is 1.38. The van der Waals surface area contributed by atoms with Crippen molar-refractivity contribution in [1.29, 1.82) is 0 Å². The minimum Gasteiger partial charge on any atom is -0.494 e. The van der Waals surface area contributed by atoms with Crippen LogP contribution in [0, 0.1) is 6.92 Å². The van der Waals surface area contributed by atoms with Gasteiger partial charge in [0.05, 0.1) is 17.9 Å². The lowest BCUT2D eigenvalue weighted by Gasteiger charge is -2.34. The number of alkyl halides is 3. The van der Waals surface area contributed by atoms with Crippen LogP contribution < -0.4 is 10.1 Å². The summed E-state index contributed by atoms with van der Waals surface area (Å²) in [6.07, 6.45) is 1.05. The molecular formula is C33H41F3N4O5S. The Morgan fingerprint density at radius 3 is 2.30 bits per heavy atom. The molecule has 1 saturated heterocycles. The Bertz CT molecular complexity index is 1600. The van der Waals surface area contributed by atoms with Crippen LogP contribution in [0.3, 0.4) is 0 Å². The van der Waals surface area contributed by atoms with Gasteiger partial charge in [0.15, 0.2) is 0 Å². The Kier molecular flexibility index (Phi) is 10.1. The number of amides is 2. The number of hydrogen-bond acceptors (Lipinski definition) is 6. The fraction of sp³-hybridized carbons (Fsp3) is 0.545. The number of amidine groups is 1. The first-order valence-corrected chi connectivity index (χ1v) is 17.5. The van der Waals surface area contributed by atoms with Crippen molar-refractivity contribution < 1.29 is 35.9 Å². The highest BCUT2D eigenvalue weighted by Gasteiger charge is 2.47. The van der Waals surface area contributed by atoms with Crippen LogP contribution in [0.4, 0.5) is 13.2 Å². The number of benzene rings is 2. The van der Waals surface area contributed by atoms with Gasteiger partial charge >= 0.3 is 6.18 Å². The van der Waals surface area contributed by atoms with E-state index in [0.29, 0.717) is 18.5 Å². The molecule has 0 atom stereocenters. The van der Waals surface area contributed by atoms with Gasteiger partial charge in [-0.25, -0.2) is 12.7 Å². The molecule has 0 saturated carbocycles. The molecule has 7 rings (SSSR count). The summed E-state index contributed by atoms with van der Waals surface area (Å²) in [4.78, 5) is 32.4. The van der Waals surface area contributed by atoms with Gasteiger partial charge in [-0.05, 0) is 80.5 Å². The van der Waals surface area contributed by atoms with E-state index < -0.39 is 33.2 Å². The van der Waals surface area contributed by atoms with E-state index >= 15 is 0 Å². The number of piperidine rings is 1. The van der Waals surface area contributed by atoms with Gasteiger partial charge in [-0.1, -0.05) is 31.7 Å². The highest BCUT2D eigenvalue weighted by atomic mass is 32.2. The number of nitrogens with one attached hydrogen (secondary N) is 1. The zero-order valence-corrected chi connectivity index (χ0v) is 27.1. The molecule has 1 N–H and O–H groups in total. The van der Waals surface area contributed by atoms with Crippen LogP contribution in [0.5, 0.6) is 5.75 Å². The highest BCUT2D eigenvalue weighted by Crippen LogP contribution is 2.36. The lowest BCUT2D eigenvalue weighted by molar-refractivity contribution is -0.137. The number of ether oxygens (including phenoxy) is 1. The Morgan fingerprint density at radius 1 is 0.913 bits per heavy atom. The molecule has 5 heterocycles. The molecule has 250 valence electrons. The monoisotopic (exact) mass is 662 g/mol. The van der Waals surface area contributed by atoms with E-state index in [2.05, 4.69) is 10.3 Å². The quantitative estimate of drug-likeness (QED) is 0.423. The van der Waals surface area contributed by atoms with Crippen molar-refractivity contribution in [2.24, 2.45) is 4.99 Å². The maximum absolute atomic E-state index is 13.8. The first kappa shape index (κ1) is 33.9. The second kappa shape index (κ2) is 13.7. The summed E-state index contributed by atoms with van der Waals surface area (Å²) < 4.78 is 75.1. The van der Waals surface area contributed by atoms with Crippen LogP contribution in [-0.2, 0) is 27.4 Å². The number of halogens is 3. The fourth-order valence-corrected chi connectivity index (χ4v) is 7.73. The van der Waals surface area contributed by atoms with Gasteiger partial charge in [0.25, 0.3) is 11.8 Å². The summed E-state index contributed by atoms with van der Waals surface area (Å²) in [6, 6.07) is 8.71. The molecule has 5 aliphatic heterocycles. The van der Waals surface area contributed by atoms with Gasteiger partial charge < -0.3 is 15.0 Å². The van der Waals surface area contributed by atoms with Gasteiger partial charge in [0, 0.05) is 37.8 Å². The number of aryl methyl sites for hydroxylation is 2. The van der Waals surface area contributed by atoms with E-state index in [9.17, 15) is 31.2 Å². The minimum absolute atomic E-state index is 0.0256. The standard InChI is InChI=1S/C33H41F3N4O5S/c1-23-19-25-10-9-24(23)11-18-46(43,44)40-15-12-32(13-16-40)31(42)37-29(38-32)26-20-27(33(34,35)36)22-28(21-26)45-17-8-6-4-3-5-7-14-39(2)30(25)41/h9-10,19-22H,3-8,11-18H2,1-2H3,(H,37,38,42). The zero-order valence-electron chi connectivity index (χ0n) is 26.3. The summed E-state index contributed by atoms with van der Waals surface area (Å²) in [5.74, 6) is -0.612. The Labute approximate surface area is 268 Å². The van der Waals surface area contributed by atoms with E-state index in [1.807, 2.05) is 19.1 Å². The first-order valence-electron chi connectivity index (χ1n) is 15.9. The van der Waals surface area contributed by atoms with Gasteiger partial charge in [0.1, 0.15) is 17.1 Å². The van der Waals surface area contributed by atoms with Gasteiger partial charge in [-0.3, -0.25) is 14.6 Å². The topological polar surface area (TPSA) is 108 Å². The van der Waals surface area contributed by atoms with E-state index in [1.165, 1.54) is 10.4 Å². The molecule has 46 heavy (non-hydrogen) atoms. The molecule has 13 heteroatoms. The van der Waals surface area contributed by atoms with E-state index in [-0.39, 0.29) is 67.8 Å². The number of aliphatic imine (C=N–C) groups is 1. The van der Waals surface area contributed by atoms with Crippen molar-refractivity contribution in [3.8, 4) is 5.75 Å². The van der Waals surface area contributed by atoms with Crippen LogP contribution in [0.1, 0.15) is 84.0 Å². The summed E-state index contributed by atoms with van der Waals surface area (Å²) >= 11 is 0. The molecule has 0 aliphatic carbocycles. The number of fused-ring (bicyclic) bond motifs is 2. The van der Waals surface area contributed by atoms with E-state index in [4.69, 9.17) is 4.74 Å². The molecular weight excluding hydrogens is 621 g/mol. The van der Waals surface area contributed by atoms with Crippen molar-refractivity contribution in [2.45, 2.75) is 76.4 Å². The second-order valence-corrected chi connectivity index (χ2v) is 14.6. The van der Waals surface area contributed by atoms with Crippen molar-refractivity contribution in [3.05, 3.63) is 64.2 Å². The van der Waals surface area contributed by atoms with Gasteiger partial charge in [-0.15, -0.1) is 0 Å². The highest BCUT2D eigenvalue weighted by molar-refractivity contribution is 7.89. The van der Waals surface area contributed by atoms with Crippen molar-refractivity contribution in [1.82, 2.24) is 14.5 Å². The molecule has 2 aromatic rings. The molecule has 0 unspecified atom stereocenters. The van der Waals surface area contributed by atoms with Crippen LogP contribution in [0.2, 0.25) is 0 Å². The average Bonchev–Trinajstić information content (AvgIpc) is 3.33.